The van der Waals surface area contributed by atoms with E-state index in [4.69, 9.17) is 26.4 Å². The van der Waals surface area contributed by atoms with Crippen LogP contribution < -0.4 is 9.61 Å². The third kappa shape index (κ3) is 6.59. The second kappa shape index (κ2) is 9.40. The van der Waals surface area contributed by atoms with Gasteiger partial charge in [-0.25, -0.2) is 8.96 Å². The van der Waals surface area contributed by atoms with Gasteiger partial charge in [0.05, 0.1) is 24.8 Å². The van der Waals surface area contributed by atoms with E-state index < -0.39 is 37.5 Å². The topological polar surface area (TPSA) is 83.1 Å². The predicted molar refractivity (Wildman–Crippen MR) is 103 cm³/mol. The molecular weight excluding hydrogens is 387 g/mol. The van der Waals surface area contributed by atoms with Gasteiger partial charge in [0.2, 0.25) is 0 Å². The third-order valence-corrected chi connectivity index (χ3v) is 5.66. The second-order valence-corrected chi connectivity index (χ2v) is 8.89. The number of halogens is 1. The summed E-state index contributed by atoms with van der Waals surface area (Å²) in [5.41, 5.74) is -1.71. The molecule has 0 bridgehead atoms. The van der Waals surface area contributed by atoms with Crippen LogP contribution in [0.1, 0.15) is 34.1 Å². The number of nitrogens with one attached hydrogen (secondary N) is 1. The summed E-state index contributed by atoms with van der Waals surface area (Å²) < 4.78 is 48.8. The van der Waals surface area contributed by atoms with E-state index in [0.29, 0.717) is 0 Å². The highest BCUT2D eigenvalue weighted by molar-refractivity contribution is 7.52. The van der Waals surface area contributed by atoms with E-state index in [9.17, 15) is 13.8 Å². The van der Waals surface area contributed by atoms with Crippen molar-refractivity contribution in [1.29, 1.82) is 0 Å². The number of alkyl halides is 1. The third-order valence-electron chi connectivity index (χ3n) is 4.02. The lowest BCUT2D eigenvalue weighted by molar-refractivity contribution is -0.149. The van der Waals surface area contributed by atoms with Crippen LogP contribution in [0.2, 0.25) is 0 Å². The van der Waals surface area contributed by atoms with Crippen LogP contribution in [0.3, 0.4) is 0 Å². The maximum absolute atomic E-state index is 14.2. The number of para-hydroxylation sites is 1. The van der Waals surface area contributed by atoms with Crippen molar-refractivity contribution in [2.75, 3.05) is 6.61 Å². The van der Waals surface area contributed by atoms with Gasteiger partial charge in [0.1, 0.15) is 25.3 Å². The van der Waals surface area contributed by atoms with Crippen molar-refractivity contribution >= 4 is 21.6 Å². The summed E-state index contributed by atoms with van der Waals surface area (Å²) in [6.45, 7) is 6.00. The highest BCUT2D eigenvalue weighted by atomic mass is 31.2. The molecular formula is C18H26BFNO6P. The quantitative estimate of drug-likeness (QED) is 0.378. The second-order valence-electron chi connectivity index (χ2n) is 7.19. The van der Waals surface area contributed by atoms with Crippen LogP contribution in [0, 0.1) is 0 Å². The lowest BCUT2D eigenvalue weighted by Crippen LogP contribution is -2.36. The molecule has 1 saturated heterocycles. The van der Waals surface area contributed by atoms with Gasteiger partial charge in [-0.2, -0.15) is 5.09 Å². The summed E-state index contributed by atoms with van der Waals surface area (Å²) in [4.78, 5) is 12.1. The van der Waals surface area contributed by atoms with Gasteiger partial charge < -0.3 is 14.0 Å². The average molecular weight is 413 g/mol. The number of hydrogen-bond acceptors (Lipinski definition) is 6. The fourth-order valence-electron chi connectivity index (χ4n) is 2.57. The van der Waals surface area contributed by atoms with E-state index >= 15 is 0 Å². The summed E-state index contributed by atoms with van der Waals surface area (Å²) in [5, 5.41) is 2.56. The van der Waals surface area contributed by atoms with Crippen LogP contribution in [0.25, 0.3) is 0 Å². The van der Waals surface area contributed by atoms with E-state index in [1.807, 2.05) is 0 Å². The van der Waals surface area contributed by atoms with Crippen molar-refractivity contribution in [3.05, 3.63) is 30.3 Å². The van der Waals surface area contributed by atoms with E-state index in [1.54, 1.807) is 44.2 Å². The first-order valence-corrected chi connectivity index (χ1v) is 10.6. The Bertz CT molecular complexity index is 705. The van der Waals surface area contributed by atoms with Gasteiger partial charge in [0.25, 0.3) is 0 Å². The fraction of sp³-hybridized carbons (Fsp3) is 0.611. The number of esters is 1. The van der Waals surface area contributed by atoms with Gasteiger partial charge in [0.15, 0.2) is 0 Å². The lowest BCUT2D eigenvalue weighted by atomic mass is 9.85. The largest absolute Gasteiger partial charge is 0.462 e. The van der Waals surface area contributed by atoms with Gasteiger partial charge in [-0.3, -0.25) is 9.32 Å². The molecule has 0 spiro atoms. The molecule has 0 aromatic heterocycles. The zero-order chi connectivity index (χ0) is 20.9. The molecule has 1 aliphatic heterocycles. The molecule has 28 heavy (non-hydrogen) atoms. The number of rotatable bonds is 9. The maximum atomic E-state index is 14.2. The molecule has 1 N–H and O–H groups in total. The van der Waals surface area contributed by atoms with Crippen LogP contribution in [-0.2, 0) is 23.4 Å². The molecule has 0 aliphatic carbocycles. The average Bonchev–Trinajstić information content (AvgIpc) is 2.86. The monoisotopic (exact) mass is 413 g/mol. The normalized spacial score (nSPS) is 27.9. The first-order chi connectivity index (χ1) is 13.0. The molecule has 1 heterocycles. The smallest absolute Gasteiger partial charge is 0.459 e. The summed E-state index contributed by atoms with van der Waals surface area (Å²) in [6, 6.07) is 6.29. The standard InChI is InChI=1S/C18H26BFNO6P/c1-12(2)25-16(22)13(3)21-28(23,27-14-8-6-5-7-9-14)24-11-15-10-18(4,20)17(19)26-15/h5-9,12-13,15,17H,10-11H2,1-4H3,(H,21,23)/t13-,15-,17+,18+,28?/m0/s1. The molecule has 0 amide bonds. The van der Waals surface area contributed by atoms with Crippen LogP contribution in [0.4, 0.5) is 4.39 Å². The summed E-state index contributed by atoms with van der Waals surface area (Å²) in [7, 11) is 1.60. The fourth-order valence-corrected chi connectivity index (χ4v) is 4.09. The van der Waals surface area contributed by atoms with Crippen LogP contribution in [-0.4, -0.2) is 50.3 Å². The van der Waals surface area contributed by atoms with Gasteiger partial charge in [0, 0.05) is 6.42 Å². The van der Waals surface area contributed by atoms with Gasteiger partial charge in [-0.15, -0.1) is 0 Å². The molecule has 7 nitrogen and oxygen atoms in total. The molecule has 0 saturated carbocycles. The molecule has 1 aliphatic rings. The first-order valence-electron chi connectivity index (χ1n) is 9.08. The minimum absolute atomic E-state index is 0.00948. The number of carbonyl (C=O) groups is 1. The minimum atomic E-state index is -4.00. The summed E-state index contributed by atoms with van der Waals surface area (Å²) in [6.07, 6.45) is -1.04. The van der Waals surface area contributed by atoms with E-state index in [2.05, 4.69) is 5.09 Å². The Morgan fingerprint density at radius 1 is 1.39 bits per heavy atom. The Balaban J connectivity index is 2.07. The highest BCUT2D eigenvalue weighted by Crippen LogP contribution is 2.46. The Labute approximate surface area is 166 Å². The van der Waals surface area contributed by atoms with E-state index in [-0.39, 0.29) is 24.9 Å². The van der Waals surface area contributed by atoms with Crippen molar-refractivity contribution in [1.82, 2.24) is 5.09 Å². The Morgan fingerprint density at radius 3 is 2.57 bits per heavy atom. The minimum Gasteiger partial charge on any atom is -0.462 e. The van der Waals surface area contributed by atoms with Crippen molar-refractivity contribution in [3.8, 4) is 5.75 Å². The molecule has 1 aromatic rings. The number of carbonyl (C=O) groups excluding carboxylic acids is 1. The van der Waals surface area contributed by atoms with E-state index in [1.165, 1.54) is 13.8 Å². The van der Waals surface area contributed by atoms with Crippen LogP contribution in [0.5, 0.6) is 5.75 Å². The zero-order valence-electron chi connectivity index (χ0n) is 16.5. The van der Waals surface area contributed by atoms with E-state index in [0.717, 1.165) is 0 Å². The Kier molecular flexibility index (Phi) is 7.68. The predicted octanol–water partition coefficient (Wildman–Crippen LogP) is 3.13. The maximum Gasteiger partial charge on any atom is 0.459 e. The number of ether oxygens (including phenoxy) is 2. The Morgan fingerprint density at radius 2 is 2.04 bits per heavy atom. The van der Waals surface area contributed by atoms with Gasteiger partial charge in [-0.1, -0.05) is 18.2 Å². The molecule has 1 unspecified atom stereocenters. The molecule has 5 atom stereocenters. The van der Waals surface area contributed by atoms with Crippen LogP contribution >= 0.6 is 7.75 Å². The molecule has 2 radical (unpaired) electrons. The Hall–Kier alpha value is -1.41. The molecule has 1 fully saturated rings. The molecule has 154 valence electrons. The SMILES string of the molecule is [B][C@@H]1O[C@H](COP(=O)(N[C@@H](C)C(=O)OC(C)C)Oc2ccccc2)C[C@@]1(C)F. The summed E-state index contributed by atoms with van der Waals surface area (Å²) >= 11 is 0. The first kappa shape index (κ1) is 22.9. The molecule has 2 rings (SSSR count). The lowest BCUT2D eigenvalue weighted by Gasteiger charge is -2.24. The number of hydrogen-bond donors (Lipinski definition) is 1. The summed E-state index contributed by atoms with van der Waals surface area (Å²) in [5.74, 6) is -0.326. The molecule has 1 aromatic carbocycles. The number of benzene rings is 1. The van der Waals surface area contributed by atoms with Crippen molar-refractivity contribution in [3.63, 3.8) is 0 Å². The van der Waals surface area contributed by atoms with Crippen molar-refractivity contribution in [2.24, 2.45) is 0 Å². The van der Waals surface area contributed by atoms with Gasteiger partial charge >= 0.3 is 13.7 Å². The highest BCUT2D eigenvalue weighted by Gasteiger charge is 2.43. The molecule has 10 heteroatoms. The van der Waals surface area contributed by atoms with Crippen molar-refractivity contribution < 1.29 is 32.3 Å². The van der Waals surface area contributed by atoms with Crippen LogP contribution in [0.15, 0.2) is 30.3 Å². The van der Waals surface area contributed by atoms with Crippen molar-refractivity contribution in [2.45, 2.75) is 64.0 Å². The zero-order valence-corrected chi connectivity index (χ0v) is 17.4. The van der Waals surface area contributed by atoms with Gasteiger partial charge in [-0.05, 0) is 39.8 Å².